The van der Waals surface area contributed by atoms with E-state index in [1.165, 1.54) is 0 Å². The lowest BCUT2D eigenvalue weighted by Gasteiger charge is -2.31. The molecule has 0 bridgehead atoms. The van der Waals surface area contributed by atoms with Gasteiger partial charge in [0, 0.05) is 32.3 Å². The fourth-order valence-electron chi connectivity index (χ4n) is 2.52. The molecule has 0 amide bonds. The molecule has 1 aromatic heterocycles. The lowest BCUT2D eigenvalue weighted by molar-refractivity contribution is -0.0218. The van der Waals surface area contributed by atoms with E-state index in [0.29, 0.717) is 25.4 Å². The summed E-state index contributed by atoms with van der Waals surface area (Å²) in [6, 6.07) is 0.371. The summed E-state index contributed by atoms with van der Waals surface area (Å²) in [5.74, 6) is 0. The van der Waals surface area contributed by atoms with Gasteiger partial charge in [0.05, 0.1) is 31.2 Å². The van der Waals surface area contributed by atoms with Crippen molar-refractivity contribution in [2.75, 3.05) is 32.9 Å². The molecule has 2 heterocycles. The molecule has 1 aliphatic heterocycles. The van der Waals surface area contributed by atoms with Gasteiger partial charge in [-0.3, -0.25) is 4.90 Å². The lowest BCUT2D eigenvalue weighted by atomic mass is 10.1. The fourth-order valence-corrected chi connectivity index (χ4v) is 2.52. The number of likely N-dealkylation sites (tertiary alicyclic amines) is 1. The van der Waals surface area contributed by atoms with E-state index in [2.05, 4.69) is 35.3 Å². The minimum atomic E-state index is 0.371. The highest BCUT2D eigenvalue weighted by Crippen LogP contribution is 2.15. The summed E-state index contributed by atoms with van der Waals surface area (Å²) < 4.78 is 13.0. The first-order valence-corrected chi connectivity index (χ1v) is 9.01. The normalized spacial score (nSPS) is 16.4. The summed E-state index contributed by atoms with van der Waals surface area (Å²) >= 11 is 0. The first kappa shape index (κ1) is 20.1. The second-order valence-electron chi connectivity index (χ2n) is 5.83. The van der Waals surface area contributed by atoms with E-state index >= 15 is 0 Å². The van der Waals surface area contributed by atoms with Crippen LogP contribution in [-0.4, -0.2) is 58.9 Å². The maximum Gasteiger partial charge on any atom is 0.0967 e. The predicted octanol–water partition coefficient (Wildman–Crippen LogP) is 2.90. The average molecular weight is 326 g/mol. The first-order chi connectivity index (χ1) is 11.2. The molecule has 1 aliphatic rings. The largest absolute Gasteiger partial charge is 0.379 e. The molecule has 2 rings (SSSR count). The van der Waals surface area contributed by atoms with Crippen molar-refractivity contribution >= 4 is 0 Å². The molecule has 0 unspecified atom stereocenters. The number of ether oxygens (including phenoxy) is 2. The zero-order chi connectivity index (χ0) is 17.1. The van der Waals surface area contributed by atoms with E-state index in [-0.39, 0.29) is 0 Å². The van der Waals surface area contributed by atoms with Gasteiger partial charge in [0.25, 0.3) is 0 Å². The second kappa shape index (κ2) is 11.5. The van der Waals surface area contributed by atoms with Gasteiger partial charge in [-0.25, -0.2) is 4.68 Å². The molecule has 1 saturated heterocycles. The van der Waals surface area contributed by atoms with Gasteiger partial charge in [-0.05, 0) is 33.6 Å². The van der Waals surface area contributed by atoms with Crippen LogP contribution in [0.3, 0.4) is 0 Å². The number of nitrogens with zero attached hydrogens (tertiary/aromatic N) is 4. The highest BCUT2D eigenvalue weighted by atomic mass is 16.5. The number of rotatable bonds is 8. The molecule has 1 aromatic rings. The Morgan fingerprint density at radius 2 is 1.91 bits per heavy atom. The minimum absolute atomic E-state index is 0.371. The summed E-state index contributed by atoms with van der Waals surface area (Å²) in [7, 11) is 0. The Hall–Kier alpha value is -0.980. The van der Waals surface area contributed by atoms with E-state index in [1.807, 2.05) is 25.5 Å². The van der Waals surface area contributed by atoms with Crippen molar-refractivity contribution in [1.82, 2.24) is 19.9 Å². The van der Waals surface area contributed by atoms with Crippen molar-refractivity contribution in [1.29, 1.82) is 0 Å². The van der Waals surface area contributed by atoms with Crippen LogP contribution in [0.5, 0.6) is 0 Å². The maximum absolute atomic E-state index is 5.84. The Morgan fingerprint density at radius 1 is 1.22 bits per heavy atom. The van der Waals surface area contributed by atoms with Crippen LogP contribution in [-0.2, 0) is 16.0 Å². The Labute approximate surface area is 141 Å². The number of hydrogen-bond acceptors (Lipinski definition) is 5. The smallest absolute Gasteiger partial charge is 0.0967 e. The monoisotopic (exact) mass is 326 g/mol. The molecule has 0 aliphatic carbocycles. The van der Waals surface area contributed by atoms with E-state index in [9.17, 15) is 0 Å². The Balaban J connectivity index is 0.00000127. The lowest BCUT2D eigenvalue weighted by Crippen LogP contribution is -2.37. The van der Waals surface area contributed by atoms with Crippen LogP contribution in [0.4, 0.5) is 0 Å². The molecular formula is C17H34N4O2. The zero-order valence-corrected chi connectivity index (χ0v) is 15.5. The highest BCUT2D eigenvalue weighted by Gasteiger charge is 2.20. The Morgan fingerprint density at radius 3 is 2.48 bits per heavy atom. The van der Waals surface area contributed by atoms with Gasteiger partial charge in [0.1, 0.15) is 0 Å². The minimum Gasteiger partial charge on any atom is -0.379 e. The Kier molecular flexibility index (Phi) is 10.1. The van der Waals surface area contributed by atoms with Crippen LogP contribution >= 0.6 is 0 Å². The predicted molar refractivity (Wildman–Crippen MR) is 92.5 cm³/mol. The van der Waals surface area contributed by atoms with Crippen LogP contribution in [0.1, 0.15) is 59.2 Å². The number of hydrogen-bond donors (Lipinski definition) is 0. The van der Waals surface area contributed by atoms with Crippen molar-refractivity contribution < 1.29 is 9.47 Å². The zero-order valence-electron chi connectivity index (χ0n) is 15.5. The molecule has 134 valence electrons. The molecule has 0 saturated carbocycles. The van der Waals surface area contributed by atoms with E-state index in [0.717, 1.165) is 44.8 Å². The Bertz CT molecular complexity index is 401. The fraction of sp³-hybridized carbons (Fsp3) is 0.882. The molecule has 6 heteroatoms. The summed E-state index contributed by atoms with van der Waals surface area (Å²) in [6.45, 7) is 15.4. The van der Waals surface area contributed by atoms with Gasteiger partial charge in [-0.1, -0.05) is 19.1 Å². The van der Waals surface area contributed by atoms with Gasteiger partial charge >= 0.3 is 0 Å². The van der Waals surface area contributed by atoms with Gasteiger partial charge < -0.3 is 9.47 Å². The molecule has 0 spiro atoms. The van der Waals surface area contributed by atoms with Gasteiger partial charge in [0.2, 0.25) is 0 Å². The highest BCUT2D eigenvalue weighted by molar-refractivity contribution is 4.93. The molecule has 6 nitrogen and oxygen atoms in total. The number of aromatic nitrogens is 3. The molecular weight excluding hydrogens is 292 g/mol. The quantitative estimate of drug-likeness (QED) is 0.688. The van der Waals surface area contributed by atoms with Gasteiger partial charge in [-0.15, -0.1) is 5.10 Å². The van der Waals surface area contributed by atoms with Crippen molar-refractivity contribution in [3.05, 3.63) is 11.9 Å². The van der Waals surface area contributed by atoms with Crippen LogP contribution in [0, 0.1) is 0 Å². The second-order valence-corrected chi connectivity index (χ2v) is 5.83. The van der Waals surface area contributed by atoms with E-state index in [1.54, 1.807) is 0 Å². The third kappa shape index (κ3) is 7.42. The van der Waals surface area contributed by atoms with Crippen molar-refractivity contribution in [2.24, 2.45) is 0 Å². The van der Waals surface area contributed by atoms with E-state index < -0.39 is 0 Å². The summed E-state index contributed by atoms with van der Waals surface area (Å²) in [5.41, 5.74) is 1.06. The van der Waals surface area contributed by atoms with Crippen molar-refractivity contribution in [2.45, 2.75) is 66.2 Å². The topological polar surface area (TPSA) is 52.4 Å². The van der Waals surface area contributed by atoms with Crippen molar-refractivity contribution in [3.63, 3.8) is 0 Å². The van der Waals surface area contributed by atoms with Crippen LogP contribution in [0.15, 0.2) is 6.20 Å². The van der Waals surface area contributed by atoms with E-state index in [4.69, 9.17) is 9.47 Å². The molecule has 0 aromatic carbocycles. The maximum atomic E-state index is 5.84. The summed E-state index contributed by atoms with van der Waals surface area (Å²) in [6.07, 6.45) is 4.61. The summed E-state index contributed by atoms with van der Waals surface area (Å²) in [4.78, 5) is 2.43. The molecule has 23 heavy (non-hydrogen) atoms. The molecule has 0 radical (unpaired) electrons. The van der Waals surface area contributed by atoms with Gasteiger partial charge in [0.15, 0.2) is 0 Å². The summed E-state index contributed by atoms with van der Waals surface area (Å²) in [5, 5.41) is 8.40. The number of piperidine rings is 1. The first-order valence-electron chi connectivity index (χ1n) is 9.01. The molecule has 0 atom stereocenters. The van der Waals surface area contributed by atoms with Crippen molar-refractivity contribution in [3.8, 4) is 0 Å². The van der Waals surface area contributed by atoms with Crippen LogP contribution in [0.2, 0.25) is 0 Å². The third-order valence-corrected chi connectivity index (χ3v) is 3.79. The molecule has 1 fully saturated rings. The van der Waals surface area contributed by atoms with Crippen LogP contribution < -0.4 is 0 Å². The SMILES string of the molecule is CC.CCOCCOC1CCN(Cc2cn(C(C)C)nn2)CC1. The third-order valence-electron chi connectivity index (χ3n) is 3.79. The molecule has 0 N–H and O–H groups in total. The van der Waals surface area contributed by atoms with Gasteiger partial charge in [-0.2, -0.15) is 0 Å². The van der Waals surface area contributed by atoms with Crippen LogP contribution in [0.25, 0.3) is 0 Å². The average Bonchev–Trinajstić information content (AvgIpc) is 3.04. The standard InChI is InChI=1S/C15H28N4O2.C2H6/c1-4-20-9-10-21-15-5-7-18(8-6-15)11-14-12-19(13(2)3)17-16-14;1-2/h12-13,15H,4-11H2,1-3H3;1-2H3.